The smallest absolute Gasteiger partial charge is 0.185 e. The van der Waals surface area contributed by atoms with Crippen molar-refractivity contribution >= 4 is 145 Å². The van der Waals surface area contributed by atoms with Crippen molar-refractivity contribution in [3.05, 3.63) is 257 Å². The molecular weight excluding hydrogens is 1740 g/mol. The van der Waals surface area contributed by atoms with Crippen molar-refractivity contribution < 1.29 is 19.4 Å². The van der Waals surface area contributed by atoms with Crippen molar-refractivity contribution in [2.24, 2.45) is 0 Å². The van der Waals surface area contributed by atoms with Crippen LogP contribution in [0.4, 0.5) is 0 Å². The Hall–Kier alpha value is -8.64. The number of hydrogen-bond donors (Lipinski definition) is 3. The van der Waals surface area contributed by atoms with E-state index < -0.39 is 22.3 Å². The lowest BCUT2D eigenvalue weighted by molar-refractivity contribution is 0.0841. The molecule has 1 atom stereocenters. The molecule has 108 heavy (non-hydrogen) atoms. The lowest BCUT2D eigenvalue weighted by Gasteiger charge is -2.17. The Morgan fingerprint density at radius 2 is 0.861 bits per heavy atom. The number of carbonyl (C=O) groups excluding carboxylic acids is 1. The Morgan fingerprint density at radius 3 is 1.25 bits per heavy atom. The molecule has 8 heterocycles. The van der Waals surface area contributed by atoms with E-state index in [4.69, 9.17) is 60.9 Å². The quantitative estimate of drug-likeness (QED) is 0.0247. The van der Waals surface area contributed by atoms with Crippen LogP contribution in [0.15, 0.2) is 209 Å². The third-order valence-corrected chi connectivity index (χ3v) is 21.0. The predicted molar refractivity (Wildman–Crippen MR) is 451 cm³/mol. The molecule has 13 aromatic rings. The topological polar surface area (TPSA) is 252 Å². The van der Waals surface area contributed by atoms with Gasteiger partial charge in [-0.25, -0.2) is 59.8 Å². The van der Waals surface area contributed by atoms with Crippen LogP contribution in [0.25, 0.3) is 103 Å². The van der Waals surface area contributed by atoms with Crippen LogP contribution < -0.4 is 0 Å². The van der Waals surface area contributed by atoms with E-state index in [1.54, 1.807) is 72.1 Å². The highest BCUT2D eigenvalue weighted by molar-refractivity contribution is 9.28. The zero-order valence-corrected chi connectivity index (χ0v) is 70.4. The highest BCUT2D eigenvalue weighted by Crippen LogP contribution is 2.37. The van der Waals surface area contributed by atoms with E-state index in [2.05, 4.69) is 180 Å². The summed E-state index contributed by atoms with van der Waals surface area (Å²) in [5.41, 5.74) is 13.4. The number of nitrogens with zero attached hydrogens (tertiary/aromatic N) is 14. The summed E-state index contributed by atoms with van der Waals surface area (Å²) < 4.78 is 17.4. The van der Waals surface area contributed by atoms with Gasteiger partial charge in [-0.1, -0.05) is 170 Å². The van der Waals surface area contributed by atoms with Gasteiger partial charge in [-0.05, 0) is 160 Å². The summed E-state index contributed by atoms with van der Waals surface area (Å²) in [6, 6.07) is 48.6. The van der Waals surface area contributed by atoms with E-state index in [0.717, 1.165) is 104 Å². The molecule has 30 heteroatoms. The molecule has 0 bridgehead atoms. The number of ether oxygens (including phenoxy) is 2. The minimum absolute atomic E-state index is 0.235. The standard InChI is InChI=1S/C22H15ClN4O.C21H23Br2ClN4OSi.C20H23ClN4O2Si.C15H9Br2ClN4/c23-17-8-6-16(7-9-17)21-22(18-12-13-24-14-25-18)27-20(26-21)11-10-19(28)15-4-2-1-3-5-15;1-30(2,3)11-10-29-14-28-19(12-18(22)23)27-20(15-4-6-16(24)7-5-15)21(28)17-8-9-25-13-26-17;1-28(2,3)11-10-27-14-25-18(12-26)24-19(15-4-6-16(21)7-5-15)20(25)17-8-9-22-13-23-17;16-12(17)7-13-21-14(9-1-3-10(18)4-2-9)15(22-13)11-5-6-19-8-20-11/h1-9,12-14,19,28H,(H,26,27);4-9,12-13H,10-11,14H2,1-3H3;4-9,12-13H,10-11,14H2,1-3H3;1-8H,(H,21,22). The van der Waals surface area contributed by atoms with Gasteiger partial charge in [0.15, 0.2) is 17.9 Å². The largest absolute Gasteiger partial charge is 0.376 e. The minimum Gasteiger partial charge on any atom is -0.376 e. The number of aromatic nitrogens is 16. The number of benzene rings is 5. The molecule has 0 aliphatic carbocycles. The summed E-state index contributed by atoms with van der Waals surface area (Å²) in [5, 5.41) is 12.9. The molecule has 8 aromatic heterocycles. The molecule has 0 amide bonds. The van der Waals surface area contributed by atoms with Gasteiger partial charge in [0.1, 0.15) is 56.5 Å². The van der Waals surface area contributed by atoms with E-state index in [9.17, 15) is 9.90 Å². The van der Waals surface area contributed by atoms with Crippen LogP contribution in [0, 0.1) is 11.8 Å². The van der Waals surface area contributed by atoms with Crippen LogP contribution in [0.1, 0.15) is 39.8 Å². The van der Waals surface area contributed by atoms with Gasteiger partial charge in [0.2, 0.25) is 0 Å². The van der Waals surface area contributed by atoms with Gasteiger partial charge in [0.25, 0.3) is 0 Å². The van der Waals surface area contributed by atoms with Crippen molar-refractivity contribution in [3.63, 3.8) is 0 Å². The molecule has 0 fully saturated rings. The first-order valence-electron chi connectivity index (χ1n) is 33.4. The maximum Gasteiger partial charge on any atom is 0.185 e. The van der Waals surface area contributed by atoms with Crippen molar-refractivity contribution in [2.45, 2.75) is 70.9 Å². The third-order valence-electron chi connectivity index (χ3n) is 15.7. The van der Waals surface area contributed by atoms with Crippen molar-refractivity contribution in [1.82, 2.24) is 78.9 Å². The summed E-state index contributed by atoms with van der Waals surface area (Å²) in [7, 11) is -2.38. The van der Waals surface area contributed by atoms with Crippen molar-refractivity contribution in [3.8, 4) is 102 Å². The molecule has 3 N–H and O–H groups in total. The molecular formula is C78H70Br4Cl4N16O4Si2. The summed E-state index contributed by atoms with van der Waals surface area (Å²) >= 11 is 37.7. The fourth-order valence-corrected chi connectivity index (χ4v) is 13.2. The first-order valence-corrected chi connectivity index (χ1v) is 45.5. The average Bonchev–Trinajstić information content (AvgIpc) is 1.64. The molecule has 0 saturated carbocycles. The molecule has 1 unspecified atom stereocenters. The molecule has 0 radical (unpaired) electrons. The van der Waals surface area contributed by atoms with Gasteiger partial charge in [0, 0.05) is 109 Å². The second-order valence-corrected chi connectivity index (χ2v) is 44.5. The van der Waals surface area contributed by atoms with Gasteiger partial charge in [0.05, 0.1) is 75.1 Å². The number of aldehydes is 1. The lowest BCUT2D eigenvalue weighted by atomic mass is 10.1. The number of rotatable bonds is 22. The Morgan fingerprint density at radius 1 is 0.481 bits per heavy atom. The van der Waals surface area contributed by atoms with E-state index in [1.165, 1.54) is 19.0 Å². The molecule has 0 aliphatic heterocycles. The number of halogens is 8. The summed E-state index contributed by atoms with van der Waals surface area (Å²) in [4.78, 5) is 70.3. The first kappa shape index (κ1) is 81.9. The summed E-state index contributed by atoms with van der Waals surface area (Å²) in [5.74, 6) is 7.95. The normalized spacial score (nSPS) is 11.3. The fraction of sp³-hybridized carbons (Fsp3) is 0.167. The van der Waals surface area contributed by atoms with Gasteiger partial charge >= 0.3 is 0 Å². The van der Waals surface area contributed by atoms with Crippen molar-refractivity contribution in [2.75, 3.05) is 13.2 Å². The maximum absolute atomic E-state index is 11.7. The van der Waals surface area contributed by atoms with Gasteiger partial charge < -0.3 is 24.5 Å². The number of carbonyl (C=O) groups is 1. The number of aliphatic hydroxyl groups is 1. The van der Waals surface area contributed by atoms with E-state index >= 15 is 0 Å². The van der Waals surface area contributed by atoms with E-state index in [1.807, 2.05) is 132 Å². The molecule has 550 valence electrons. The Labute approximate surface area is 681 Å². The van der Waals surface area contributed by atoms with E-state index in [-0.39, 0.29) is 6.73 Å². The Kier molecular flexibility index (Phi) is 30.1. The number of nitrogens with one attached hydrogen (secondary N) is 2. The van der Waals surface area contributed by atoms with Crippen LogP contribution in [-0.2, 0) is 22.9 Å². The number of imidazole rings is 4. The van der Waals surface area contributed by atoms with Crippen molar-refractivity contribution in [1.29, 1.82) is 0 Å². The van der Waals surface area contributed by atoms with E-state index in [0.29, 0.717) is 80.3 Å². The Balaban J connectivity index is 0.000000154. The molecule has 20 nitrogen and oxygen atoms in total. The maximum atomic E-state index is 11.7. The number of aliphatic hydroxyl groups excluding tert-OH is 1. The van der Waals surface area contributed by atoms with Crippen LogP contribution in [0.5, 0.6) is 0 Å². The third kappa shape index (κ3) is 23.9. The van der Waals surface area contributed by atoms with Gasteiger partial charge in [-0.3, -0.25) is 13.9 Å². The highest BCUT2D eigenvalue weighted by Gasteiger charge is 2.25. The first-order chi connectivity index (χ1) is 52.0. The summed E-state index contributed by atoms with van der Waals surface area (Å²) in [6.07, 6.45) is 16.4. The molecule has 0 spiro atoms. The Bertz CT molecular complexity index is 5200. The van der Waals surface area contributed by atoms with Crippen LogP contribution in [-0.4, -0.2) is 120 Å². The molecule has 0 aliphatic rings. The predicted octanol–water partition coefficient (Wildman–Crippen LogP) is 21.4. The lowest BCUT2D eigenvalue weighted by Crippen LogP contribution is -2.22. The zero-order chi connectivity index (χ0) is 76.7. The second-order valence-electron chi connectivity index (χ2n) is 26.0. The zero-order valence-electron chi connectivity index (χ0n) is 59.1. The van der Waals surface area contributed by atoms with Crippen LogP contribution in [0.3, 0.4) is 0 Å². The van der Waals surface area contributed by atoms with Crippen LogP contribution >= 0.6 is 110 Å². The SMILES string of the molecule is C[Si](C)(C)CCOCn1c(C=C(Br)Br)nc(-c2ccc(Cl)cc2)c1-c1ccncn1.C[Si](C)(C)CCOCn1c(C=O)nc(-c2ccc(Cl)cc2)c1-c1ccncn1.Clc1ccc(-c2nc(C=C(Br)Br)[nH]c2-c2ccncn2)cc1.OC(C#Cc1nc(-c2ccc(Cl)cc2)c(-c2ccncn2)[nH]1)c1ccccc1. The van der Waals surface area contributed by atoms with Gasteiger partial charge in [-0.2, -0.15) is 0 Å². The number of aromatic amines is 2. The van der Waals surface area contributed by atoms with Crippen LogP contribution in [0.2, 0.25) is 71.5 Å². The number of hydrogen-bond acceptors (Lipinski definition) is 16. The molecule has 5 aromatic carbocycles. The second kappa shape index (κ2) is 39.6. The fourth-order valence-electron chi connectivity index (χ4n) is 10.3. The molecule has 13 rings (SSSR count). The summed E-state index contributed by atoms with van der Waals surface area (Å²) in [6.45, 7) is 15.9. The van der Waals surface area contributed by atoms with Gasteiger partial charge in [-0.15, -0.1) is 0 Å². The monoisotopic (exact) mass is 1810 g/mol. The highest BCUT2D eigenvalue weighted by atomic mass is 79.9. The average molecular weight is 1810 g/mol. The molecule has 0 saturated heterocycles. The number of H-pyrrole nitrogens is 2. The minimum atomic E-state index is -1.20.